The zero-order valence-corrected chi connectivity index (χ0v) is 7.68. The molecule has 0 aliphatic heterocycles. The SMILES string of the molecule is N#Cc1cccc(-c2cncnc2)c1F. The summed E-state index contributed by atoms with van der Waals surface area (Å²) in [6.45, 7) is 0. The molecule has 4 heteroatoms. The number of hydrogen-bond donors (Lipinski definition) is 0. The van der Waals surface area contributed by atoms with Gasteiger partial charge in [-0.15, -0.1) is 0 Å². The Morgan fingerprint density at radius 2 is 1.93 bits per heavy atom. The van der Waals surface area contributed by atoms with Gasteiger partial charge in [-0.25, -0.2) is 14.4 Å². The minimum Gasteiger partial charge on any atom is -0.244 e. The number of hydrogen-bond acceptors (Lipinski definition) is 3. The van der Waals surface area contributed by atoms with Gasteiger partial charge < -0.3 is 0 Å². The Labute approximate surface area is 85.9 Å². The predicted molar refractivity (Wildman–Crippen MR) is 52.1 cm³/mol. The zero-order valence-electron chi connectivity index (χ0n) is 7.68. The second-order valence-corrected chi connectivity index (χ2v) is 2.91. The summed E-state index contributed by atoms with van der Waals surface area (Å²) in [5, 5.41) is 8.67. The highest BCUT2D eigenvalue weighted by Crippen LogP contribution is 2.22. The van der Waals surface area contributed by atoms with E-state index >= 15 is 0 Å². The third-order valence-corrected chi connectivity index (χ3v) is 1.99. The Kier molecular flexibility index (Phi) is 2.38. The molecular formula is C11H6FN3. The van der Waals surface area contributed by atoms with Crippen molar-refractivity contribution in [2.45, 2.75) is 0 Å². The summed E-state index contributed by atoms with van der Waals surface area (Å²) in [5.41, 5.74) is 0.929. The minimum absolute atomic E-state index is 0.0244. The second-order valence-electron chi connectivity index (χ2n) is 2.91. The second kappa shape index (κ2) is 3.84. The van der Waals surface area contributed by atoms with Crippen LogP contribution >= 0.6 is 0 Å². The molecule has 0 atom stereocenters. The monoisotopic (exact) mass is 199 g/mol. The number of nitrogens with zero attached hydrogens (tertiary/aromatic N) is 3. The number of halogens is 1. The summed E-state index contributed by atoms with van der Waals surface area (Å²) in [7, 11) is 0. The number of benzene rings is 1. The molecule has 15 heavy (non-hydrogen) atoms. The maximum absolute atomic E-state index is 13.7. The van der Waals surface area contributed by atoms with Gasteiger partial charge in [-0.2, -0.15) is 5.26 Å². The fourth-order valence-corrected chi connectivity index (χ4v) is 1.28. The van der Waals surface area contributed by atoms with Gasteiger partial charge in [0.15, 0.2) is 0 Å². The van der Waals surface area contributed by atoms with E-state index in [1.807, 2.05) is 0 Å². The van der Waals surface area contributed by atoms with E-state index in [0.717, 1.165) is 0 Å². The quantitative estimate of drug-likeness (QED) is 0.707. The largest absolute Gasteiger partial charge is 0.244 e. The molecule has 2 rings (SSSR count). The highest BCUT2D eigenvalue weighted by atomic mass is 19.1. The Bertz CT molecular complexity index is 517. The molecule has 0 spiro atoms. The first-order valence-electron chi connectivity index (χ1n) is 4.27. The van der Waals surface area contributed by atoms with Crippen LogP contribution in [-0.2, 0) is 0 Å². The van der Waals surface area contributed by atoms with Gasteiger partial charge in [-0.3, -0.25) is 0 Å². The van der Waals surface area contributed by atoms with E-state index in [2.05, 4.69) is 9.97 Å². The molecule has 0 saturated heterocycles. The normalized spacial score (nSPS) is 9.60. The van der Waals surface area contributed by atoms with Crippen molar-refractivity contribution in [1.29, 1.82) is 5.26 Å². The molecule has 0 radical (unpaired) electrons. The van der Waals surface area contributed by atoms with E-state index in [0.29, 0.717) is 11.1 Å². The van der Waals surface area contributed by atoms with Crippen molar-refractivity contribution in [3.05, 3.63) is 48.3 Å². The van der Waals surface area contributed by atoms with E-state index < -0.39 is 5.82 Å². The van der Waals surface area contributed by atoms with Gasteiger partial charge in [0.05, 0.1) is 5.56 Å². The Morgan fingerprint density at radius 3 is 2.60 bits per heavy atom. The highest BCUT2D eigenvalue weighted by Gasteiger charge is 2.09. The fraction of sp³-hybridized carbons (Fsp3) is 0. The van der Waals surface area contributed by atoms with Crippen LogP contribution in [0.2, 0.25) is 0 Å². The molecule has 3 nitrogen and oxygen atoms in total. The van der Waals surface area contributed by atoms with Gasteiger partial charge in [-0.1, -0.05) is 12.1 Å². The van der Waals surface area contributed by atoms with Crippen LogP contribution in [0.15, 0.2) is 36.9 Å². The van der Waals surface area contributed by atoms with Crippen LogP contribution in [0.1, 0.15) is 5.56 Å². The minimum atomic E-state index is -0.533. The van der Waals surface area contributed by atoms with Crippen LogP contribution in [0.3, 0.4) is 0 Å². The lowest BCUT2D eigenvalue weighted by molar-refractivity contribution is 0.627. The van der Waals surface area contributed by atoms with Crippen molar-refractivity contribution in [2.24, 2.45) is 0 Å². The van der Waals surface area contributed by atoms with Crippen molar-refractivity contribution in [3.63, 3.8) is 0 Å². The van der Waals surface area contributed by atoms with E-state index in [4.69, 9.17) is 5.26 Å². The lowest BCUT2D eigenvalue weighted by atomic mass is 10.1. The van der Waals surface area contributed by atoms with Crippen LogP contribution in [0.5, 0.6) is 0 Å². The standard InChI is InChI=1S/C11H6FN3/c12-11-8(4-13)2-1-3-10(11)9-5-14-7-15-6-9/h1-3,5-7H. The summed E-state index contributed by atoms with van der Waals surface area (Å²) < 4.78 is 13.7. The summed E-state index contributed by atoms with van der Waals surface area (Å²) in [6, 6.07) is 6.44. The average Bonchev–Trinajstić information content (AvgIpc) is 2.30. The molecule has 2 aromatic rings. The molecule has 0 amide bonds. The molecule has 0 aliphatic rings. The highest BCUT2D eigenvalue weighted by molar-refractivity contribution is 5.64. The molecule has 0 unspecified atom stereocenters. The molecule has 0 fully saturated rings. The first-order chi connectivity index (χ1) is 7.33. The van der Waals surface area contributed by atoms with E-state index in [1.165, 1.54) is 24.8 Å². The lowest BCUT2D eigenvalue weighted by Gasteiger charge is -2.02. The van der Waals surface area contributed by atoms with E-state index in [9.17, 15) is 4.39 Å². The lowest BCUT2D eigenvalue weighted by Crippen LogP contribution is -1.90. The molecule has 0 aliphatic carbocycles. The van der Waals surface area contributed by atoms with Crippen molar-refractivity contribution in [3.8, 4) is 17.2 Å². The number of rotatable bonds is 1. The fourth-order valence-electron chi connectivity index (χ4n) is 1.28. The van der Waals surface area contributed by atoms with Crippen LogP contribution in [0.4, 0.5) is 4.39 Å². The molecule has 1 heterocycles. The van der Waals surface area contributed by atoms with Crippen molar-refractivity contribution < 1.29 is 4.39 Å². The third-order valence-electron chi connectivity index (χ3n) is 1.99. The van der Waals surface area contributed by atoms with Gasteiger partial charge in [0.25, 0.3) is 0 Å². The number of nitriles is 1. The van der Waals surface area contributed by atoms with Gasteiger partial charge in [0, 0.05) is 23.5 Å². The molecule has 72 valence electrons. The molecule has 1 aromatic carbocycles. The smallest absolute Gasteiger partial charge is 0.148 e. The zero-order chi connectivity index (χ0) is 10.7. The van der Waals surface area contributed by atoms with E-state index in [1.54, 1.807) is 18.2 Å². The average molecular weight is 199 g/mol. The molecule has 0 bridgehead atoms. The maximum atomic E-state index is 13.7. The summed E-state index contributed by atoms with van der Waals surface area (Å²) in [6.07, 6.45) is 4.38. The Balaban J connectivity index is 2.61. The maximum Gasteiger partial charge on any atom is 0.148 e. The van der Waals surface area contributed by atoms with Crippen LogP contribution in [-0.4, -0.2) is 9.97 Å². The molecular weight excluding hydrogens is 193 g/mol. The number of aromatic nitrogens is 2. The van der Waals surface area contributed by atoms with Crippen molar-refractivity contribution in [2.75, 3.05) is 0 Å². The summed E-state index contributed by atoms with van der Waals surface area (Å²) in [5.74, 6) is -0.533. The Hall–Kier alpha value is -2.28. The third kappa shape index (κ3) is 1.67. The molecule has 1 aromatic heterocycles. The van der Waals surface area contributed by atoms with Gasteiger partial charge in [-0.05, 0) is 6.07 Å². The van der Waals surface area contributed by atoms with Gasteiger partial charge in [0.2, 0.25) is 0 Å². The van der Waals surface area contributed by atoms with Crippen molar-refractivity contribution >= 4 is 0 Å². The first kappa shape index (κ1) is 9.28. The van der Waals surface area contributed by atoms with Crippen LogP contribution < -0.4 is 0 Å². The van der Waals surface area contributed by atoms with Crippen LogP contribution in [0, 0.1) is 17.1 Å². The summed E-state index contributed by atoms with van der Waals surface area (Å²) >= 11 is 0. The van der Waals surface area contributed by atoms with Crippen molar-refractivity contribution in [1.82, 2.24) is 9.97 Å². The molecule has 0 N–H and O–H groups in total. The van der Waals surface area contributed by atoms with Gasteiger partial charge in [0.1, 0.15) is 18.2 Å². The molecule has 0 saturated carbocycles. The Morgan fingerprint density at radius 1 is 1.20 bits per heavy atom. The first-order valence-corrected chi connectivity index (χ1v) is 4.27. The van der Waals surface area contributed by atoms with Gasteiger partial charge >= 0.3 is 0 Å². The van der Waals surface area contributed by atoms with E-state index in [-0.39, 0.29) is 5.56 Å². The van der Waals surface area contributed by atoms with Crippen LogP contribution in [0.25, 0.3) is 11.1 Å². The topological polar surface area (TPSA) is 49.6 Å². The predicted octanol–water partition coefficient (Wildman–Crippen LogP) is 2.15. The summed E-state index contributed by atoms with van der Waals surface area (Å²) in [4.78, 5) is 7.59.